The minimum atomic E-state index is -0.870. The standard InChI is InChI=1S/C13H11NO3S/c15-12(16)8-10-6-7-11(18-10)13(14-17)9-4-2-1-3-5-9/h1-7,17H,8H2,(H,15,16). The predicted octanol–water partition coefficient (Wildman–Crippen LogP) is 2.60. The lowest BCUT2D eigenvalue weighted by atomic mass is 10.1. The second kappa shape index (κ2) is 5.46. The second-order valence-electron chi connectivity index (χ2n) is 3.65. The van der Waals surface area contributed by atoms with Gasteiger partial charge in [0, 0.05) is 10.4 Å². The maximum Gasteiger partial charge on any atom is 0.308 e. The van der Waals surface area contributed by atoms with Gasteiger partial charge in [0.05, 0.1) is 11.3 Å². The molecular weight excluding hydrogens is 250 g/mol. The first-order chi connectivity index (χ1) is 8.70. The molecule has 0 radical (unpaired) electrons. The first-order valence-electron chi connectivity index (χ1n) is 5.29. The molecule has 0 amide bonds. The Morgan fingerprint density at radius 3 is 2.50 bits per heavy atom. The van der Waals surface area contributed by atoms with Crippen molar-refractivity contribution >= 4 is 23.0 Å². The number of aliphatic carboxylic acids is 1. The van der Waals surface area contributed by atoms with Crippen LogP contribution in [-0.4, -0.2) is 22.0 Å². The quantitative estimate of drug-likeness (QED) is 0.505. The molecule has 0 saturated carbocycles. The van der Waals surface area contributed by atoms with Gasteiger partial charge in [-0.05, 0) is 12.1 Å². The summed E-state index contributed by atoms with van der Waals surface area (Å²) in [4.78, 5) is 12.1. The smallest absolute Gasteiger partial charge is 0.308 e. The fourth-order valence-corrected chi connectivity index (χ4v) is 2.60. The number of oxime groups is 1. The highest BCUT2D eigenvalue weighted by Gasteiger charge is 2.11. The lowest BCUT2D eigenvalue weighted by molar-refractivity contribution is -0.136. The highest BCUT2D eigenvalue weighted by molar-refractivity contribution is 7.14. The van der Waals surface area contributed by atoms with Gasteiger partial charge in [-0.25, -0.2) is 0 Å². The predicted molar refractivity (Wildman–Crippen MR) is 69.5 cm³/mol. The molecule has 0 bridgehead atoms. The van der Waals surface area contributed by atoms with E-state index < -0.39 is 5.97 Å². The average molecular weight is 261 g/mol. The van der Waals surface area contributed by atoms with Crippen LogP contribution >= 0.6 is 11.3 Å². The molecule has 5 heteroatoms. The molecular formula is C13H11NO3S. The van der Waals surface area contributed by atoms with E-state index in [1.807, 2.05) is 30.3 Å². The van der Waals surface area contributed by atoms with Gasteiger partial charge in [-0.3, -0.25) is 4.79 Å². The third-order valence-corrected chi connectivity index (χ3v) is 3.46. The van der Waals surface area contributed by atoms with Crippen molar-refractivity contribution < 1.29 is 15.1 Å². The van der Waals surface area contributed by atoms with E-state index in [0.29, 0.717) is 5.71 Å². The van der Waals surface area contributed by atoms with Gasteiger partial charge in [-0.15, -0.1) is 11.3 Å². The number of hydrogen-bond donors (Lipinski definition) is 2. The van der Waals surface area contributed by atoms with Crippen LogP contribution in [0.15, 0.2) is 47.6 Å². The summed E-state index contributed by atoms with van der Waals surface area (Å²) in [6.45, 7) is 0. The molecule has 4 nitrogen and oxygen atoms in total. The zero-order chi connectivity index (χ0) is 13.0. The van der Waals surface area contributed by atoms with Crippen LogP contribution in [0.5, 0.6) is 0 Å². The molecule has 0 atom stereocenters. The van der Waals surface area contributed by atoms with E-state index in [2.05, 4.69) is 5.16 Å². The largest absolute Gasteiger partial charge is 0.481 e. The molecule has 0 aliphatic rings. The lowest BCUT2D eigenvalue weighted by Crippen LogP contribution is -2.00. The van der Waals surface area contributed by atoms with Gasteiger partial charge in [0.25, 0.3) is 0 Å². The van der Waals surface area contributed by atoms with Crippen LogP contribution in [0.25, 0.3) is 0 Å². The van der Waals surface area contributed by atoms with Crippen LogP contribution < -0.4 is 0 Å². The first-order valence-corrected chi connectivity index (χ1v) is 6.10. The Morgan fingerprint density at radius 1 is 1.17 bits per heavy atom. The third-order valence-electron chi connectivity index (χ3n) is 2.37. The molecule has 0 saturated heterocycles. The fraction of sp³-hybridized carbons (Fsp3) is 0.0769. The molecule has 1 aromatic carbocycles. The molecule has 1 heterocycles. The molecule has 2 rings (SSSR count). The molecule has 0 unspecified atom stereocenters. The third kappa shape index (κ3) is 2.75. The van der Waals surface area contributed by atoms with Crippen LogP contribution in [0.2, 0.25) is 0 Å². The lowest BCUT2D eigenvalue weighted by Gasteiger charge is -2.00. The van der Waals surface area contributed by atoms with Crippen LogP contribution in [-0.2, 0) is 11.2 Å². The molecule has 0 fully saturated rings. The zero-order valence-corrected chi connectivity index (χ0v) is 10.2. The summed E-state index contributed by atoms with van der Waals surface area (Å²) in [5.74, 6) is -0.870. The normalized spacial score (nSPS) is 11.4. The molecule has 2 N–H and O–H groups in total. The van der Waals surface area contributed by atoms with E-state index in [-0.39, 0.29) is 6.42 Å². The zero-order valence-electron chi connectivity index (χ0n) is 9.41. The van der Waals surface area contributed by atoms with Crippen molar-refractivity contribution in [1.82, 2.24) is 0 Å². The van der Waals surface area contributed by atoms with Crippen LogP contribution in [0, 0.1) is 0 Å². The highest BCUT2D eigenvalue weighted by atomic mass is 32.1. The van der Waals surface area contributed by atoms with Crippen molar-refractivity contribution in [3.8, 4) is 0 Å². The van der Waals surface area contributed by atoms with Crippen LogP contribution in [0.1, 0.15) is 15.3 Å². The number of carboxylic acid groups (broad SMARTS) is 1. The van der Waals surface area contributed by atoms with Crippen molar-refractivity contribution in [2.75, 3.05) is 0 Å². The molecule has 0 aliphatic carbocycles. The Hall–Kier alpha value is -2.14. The summed E-state index contributed by atoms with van der Waals surface area (Å²) in [5.41, 5.74) is 1.25. The van der Waals surface area contributed by atoms with Gasteiger partial charge in [0.2, 0.25) is 0 Å². The van der Waals surface area contributed by atoms with E-state index in [9.17, 15) is 4.79 Å². The number of carboxylic acids is 1. The van der Waals surface area contributed by atoms with E-state index >= 15 is 0 Å². The summed E-state index contributed by atoms with van der Waals surface area (Å²) in [7, 11) is 0. The van der Waals surface area contributed by atoms with Crippen molar-refractivity contribution in [3.05, 3.63) is 57.8 Å². The summed E-state index contributed by atoms with van der Waals surface area (Å²) < 4.78 is 0. The summed E-state index contributed by atoms with van der Waals surface area (Å²) in [6.07, 6.45) is -0.0157. The van der Waals surface area contributed by atoms with Crippen molar-refractivity contribution in [1.29, 1.82) is 0 Å². The van der Waals surface area contributed by atoms with Gasteiger partial charge in [0.1, 0.15) is 5.71 Å². The maximum absolute atomic E-state index is 10.6. The molecule has 0 aliphatic heterocycles. The number of carbonyl (C=O) groups is 1. The highest BCUT2D eigenvalue weighted by Crippen LogP contribution is 2.21. The van der Waals surface area contributed by atoms with E-state index in [1.54, 1.807) is 12.1 Å². The van der Waals surface area contributed by atoms with E-state index in [1.165, 1.54) is 11.3 Å². The van der Waals surface area contributed by atoms with Crippen molar-refractivity contribution in [3.63, 3.8) is 0 Å². The Balaban J connectivity index is 2.30. The topological polar surface area (TPSA) is 69.9 Å². The van der Waals surface area contributed by atoms with Crippen LogP contribution in [0.4, 0.5) is 0 Å². The Bertz CT molecular complexity index is 575. The van der Waals surface area contributed by atoms with Crippen molar-refractivity contribution in [2.24, 2.45) is 5.16 Å². The minimum Gasteiger partial charge on any atom is -0.481 e. The Kier molecular flexibility index (Phi) is 3.74. The van der Waals surface area contributed by atoms with Gasteiger partial charge >= 0.3 is 5.97 Å². The Morgan fingerprint density at radius 2 is 1.89 bits per heavy atom. The fourth-order valence-electron chi connectivity index (χ4n) is 1.59. The maximum atomic E-state index is 10.6. The second-order valence-corrected chi connectivity index (χ2v) is 4.82. The first kappa shape index (κ1) is 12.3. The number of nitrogens with zero attached hydrogens (tertiary/aromatic N) is 1. The van der Waals surface area contributed by atoms with Crippen molar-refractivity contribution in [2.45, 2.75) is 6.42 Å². The summed E-state index contributed by atoms with van der Waals surface area (Å²) in [5, 5.41) is 21.1. The van der Waals surface area contributed by atoms with E-state index in [0.717, 1.165) is 15.3 Å². The van der Waals surface area contributed by atoms with Crippen LogP contribution in [0.3, 0.4) is 0 Å². The molecule has 1 aromatic heterocycles. The number of hydrogen-bond acceptors (Lipinski definition) is 4. The number of thiophene rings is 1. The van der Waals surface area contributed by atoms with Gasteiger partial charge in [-0.2, -0.15) is 0 Å². The molecule has 18 heavy (non-hydrogen) atoms. The Labute approximate surface area is 108 Å². The molecule has 2 aromatic rings. The van der Waals surface area contributed by atoms with Gasteiger partial charge in [0.15, 0.2) is 0 Å². The molecule has 92 valence electrons. The summed E-state index contributed by atoms with van der Waals surface area (Å²) >= 11 is 1.32. The summed E-state index contributed by atoms with van der Waals surface area (Å²) in [6, 6.07) is 12.8. The number of benzene rings is 1. The molecule has 0 spiro atoms. The van der Waals surface area contributed by atoms with Gasteiger partial charge < -0.3 is 10.3 Å². The van der Waals surface area contributed by atoms with E-state index in [4.69, 9.17) is 10.3 Å². The van der Waals surface area contributed by atoms with Gasteiger partial charge in [-0.1, -0.05) is 35.5 Å². The minimum absolute atomic E-state index is 0.0157. The monoisotopic (exact) mass is 261 g/mol. The average Bonchev–Trinajstić information content (AvgIpc) is 2.79. The number of rotatable bonds is 4. The SMILES string of the molecule is O=C(O)Cc1ccc(C(=NO)c2ccccc2)s1.